The predicted octanol–water partition coefficient (Wildman–Crippen LogP) is 2.18. The molecule has 1 rings (SSSR count). The van der Waals surface area contributed by atoms with Crippen molar-refractivity contribution in [3.8, 4) is 0 Å². The standard InChI is InChI=1S/C15H22N2O3/c1-15(2,3)12(16)9-13(18)17-11-7-5-6-10(8-11)14(19)20-4/h5-8,12H,9,16H2,1-4H3,(H,17,18). The van der Waals surface area contributed by atoms with Crippen LogP contribution in [0.1, 0.15) is 37.6 Å². The Morgan fingerprint density at radius 2 is 2.00 bits per heavy atom. The van der Waals surface area contributed by atoms with Gasteiger partial charge in [-0.05, 0) is 23.6 Å². The van der Waals surface area contributed by atoms with E-state index in [1.807, 2.05) is 20.8 Å². The topological polar surface area (TPSA) is 81.4 Å². The van der Waals surface area contributed by atoms with Gasteiger partial charge in [-0.1, -0.05) is 26.8 Å². The normalized spacial score (nSPS) is 12.7. The van der Waals surface area contributed by atoms with Gasteiger partial charge in [0.05, 0.1) is 12.7 Å². The summed E-state index contributed by atoms with van der Waals surface area (Å²) in [4.78, 5) is 23.3. The molecule has 0 radical (unpaired) electrons. The Morgan fingerprint density at radius 1 is 1.35 bits per heavy atom. The third-order valence-electron chi connectivity index (χ3n) is 3.09. The van der Waals surface area contributed by atoms with Gasteiger partial charge >= 0.3 is 5.97 Å². The van der Waals surface area contributed by atoms with E-state index in [9.17, 15) is 9.59 Å². The SMILES string of the molecule is COC(=O)c1cccc(NC(=O)CC(N)C(C)(C)C)c1. The molecule has 0 spiro atoms. The lowest BCUT2D eigenvalue weighted by Crippen LogP contribution is -2.38. The molecule has 1 atom stereocenters. The summed E-state index contributed by atoms with van der Waals surface area (Å²) < 4.78 is 4.63. The van der Waals surface area contributed by atoms with E-state index in [4.69, 9.17) is 5.73 Å². The van der Waals surface area contributed by atoms with Crippen LogP contribution < -0.4 is 11.1 Å². The predicted molar refractivity (Wildman–Crippen MR) is 78.5 cm³/mol. The van der Waals surface area contributed by atoms with Crippen molar-refractivity contribution in [2.75, 3.05) is 12.4 Å². The molecule has 0 bridgehead atoms. The zero-order valence-corrected chi connectivity index (χ0v) is 12.4. The number of nitrogens with one attached hydrogen (secondary N) is 1. The fraction of sp³-hybridized carbons (Fsp3) is 0.467. The molecule has 20 heavy (non-hydrogen) atoms. The van der Waals surface area contributed by atoms with Crippen LogP contribution in [-0.2, 0) is 9.53 Å². The first-order valence-electron chi connectivity index (χ1n) is 6.48. The third kappa shape index (κ3) is 4.66. The van der Waals surface area contributed by atoms with E-state index in [1.165, 1.54) is 7.11 Å². The highest BCUT2D eigenvalue weighted by atomic mass is 16.5. The summed E-state index contributed by atoms with van der Waals surface area (Å²) in [7, 11) is 1.32. The Balaban J connectivity index is 2.69. The molecule has 0 fully saturated rings. The van der Waals surface area contributed by atoms with Gasteiger partial charge in [0.25, 0.3) is 0 Å². The molecule has 5 heteroatoms. The smallest absolute Gasteiger partial charge is 0.337 e. The summed E-state index contributed by atoms with van der Waals surface area (Å²) in [6.07, 6.45) is 0.228. The molecule has 1 unspecified atom stereocenters. The molecule has 0 saturated heterocycles. The van der Waals surface area contributed by atoms with E-state index in [0.717, 1.165) is 0 Å². The highest BCUT2D eigenvalue weighted by molar-refractivity contribution is 5.94. The van der Waals surface area contributed by atoms with Crippen molar-refractivity contribution in [2.24, 2.45) is 11.1 Å². The molecule has 0 heterocycles. The van der Waals surface area contributed by atoms with E-state index in [0.29, 0.717) is 11.3 Å². The fourth-order valence-electron chi connectivity index (χ4n) is 1.56. The number of methoxy groups -OCH3 is 1. The Labute approximate surface area is 119 Å². The van der Waals surface area contributed by atoms with Crippen LogP contribution in [0, 0.1) is 5.41 Å². The summed E-state index contributed by atoms with van der Waals surface area (Å²) >= 11 is 0. The lowest BCUT2D eigenvalue weighted by atomic mass is 9.85. The lowest BCUT2D eigenvalue weighted by Gasteiger charge is -2.26. The number of esters is 1. The van der Waals surface area contributed by atoms with E-state index >= 15 is 0 Å². The van der Waals surface area contributed by atoms with Crippen LogP contribution in [0.2, 0.25) is 0 Å². The highest BCUT2D eigenvalue weighted by Crippen LogP contribution is 2.20. The Hall–Kier alpha value is -1.88. The van der Waals surface area contributed by atoms with Gasteiger partial charge in [0.15, 0.2) is 0 Å². The minimum atomic E-state index is -0.438. The molecule has 0 aliphatic rings. The van der Waals surface area contributed by atoms with Gasteiger partial charge in [0.2, 0.25) is 5.91 Å². The van der Waals surface area contributed by atoms with Crippen molar-refractivity contribution in [2.45, 2.75) is 33.2 Å². The summed E-state index contributed by atoms with van der Waals surface area (Å²) in [6, 6.07) is 6.37. The molecule has 1 amide bonds. The average Bonchev–Trinajstić information content (AvgIpc) is 2.36. The first-order chi connectivity index (χ1) is 9.24. The maximum atomic E-state index is 11.9. The summed E-state index contributed by atoms with van der Waals surface area (Å²) in [5, 5.41) is 2.74. The van der Waals surface area contributed by atoms with Crippen molar-refractivity contribution < 1.29 is 14.3 Å². The largest absolute Gasteiger partial charge is 0.465 e. The second kappa shape index (κ2) is 6.52. The number of carbonyl (C=O) groups is 2. The van der Waals surface area contributed by atoms with Crippen LogP contribution in [-0.4, -0.2) is 25.0 Å². The van der Waals surface area contributed by atoms with Gasteiger partial charge in [-0.25, -0.2) is 4.79 Å². The minimum Gasteiger partial charge on any atom is -0.465 e. The van der Waals surface area contributed by atoms with Gasteiger partial charge < -0.3 is 15.8 Å². The Kier molecular flexibility index (Phi) is 5.27. The summed E-state index contributed by atoms with van der Waals surface area (Å²) in [5.41, 5.74) is 6.78. The molecule has 0 aliphatic heterocycles. The number of carbonyl (C=O) groups excluding carboxylic acids is 2. The van der Waals surface area contributed by atoms with Crippen LogP contribution >= 0.6 is 0 Å². The Morgan fingerprint density at radius 3 is 2.55 bits per heavy atom. The van der Waals surface area contributed by atoms with E-state index in [-0.39, 0.29) is 23.8 Å². The zero-order valence-electron chi connectivity index (χ0n) is 12.4. The molecular formula is C15H22N2O3. The van der Waals surface area contributed by atoms with Crippen molar-refractivity contribution in [3.63, 3.8) is 0 Å². The number of amides is 1. The van der Waals surface area contributed by atoms with Gasteiger partial charge in [0.1, 0.15) is 0 Å². The van der Waals surface area contributed by atoms with Crippen molar-refractivity contribution in [3.05, 3.63) is 29.8 Å². The summed E-state index contributed by atoms with van der Waals surface area (Å²) in [6.45, 7) is 5.97. The van der Waals surface area contributed by atoms with Crippen LogP contribution in [0.5, 0.6) is 0 Å². The van der Waals surface area contributed by atoms with Crippen molar-refractivity contribution in [1.29, 1.82) is 0 Å². The number of ether oxygens (including phenoxy) is 1. The van der Waals surface area contributed by atoms with Gasteiger partial charge in [-0.2, -0.15) is 0 Å². The first kappa shape index (κ1) is 16.2. The first-order valence-corrected chi connectivity index (χ1v) is 6.48. The monoisotopic (exact) mass is 278 g/mol. The van der Waals surface area contributed by atoms with E-state index in [1.54, 1.807) is 24.3 Å². The fourth-order valence-corrected chi connectivity index (χ4v) is 1.56. The molecule has 110 valence electrons. The van der Waals surface area contributed by atoms with E-state index < -0.39 is 5.97 Å². The third-order valence-corrected chi connectivity index (χ3v) is 3.09. The van der Waals surface area contributed by atoms with Gasteiger partial charge in [-0.15, -0.1) is 0 Å². The van der Waals surface area contributed by atoms with Crippen LogP contribution in [0.3, 0.4) is 0 Å². The molecule has 5 nitrogen and oxygen atoms in total. The average molecular weight is 278 g/mol. The molecular weight excluding hydrogens is 256 g/mol. The van der Waals surface area contributed by atoms with E-state index in [2.05, 4.69) is 10.1 Å². The molecule has 1 aromatic carbocycles. The molecule has 0 aliphatic carbocycles. The number of hydrogen-bond donors (Lipinski definition) is 2. The quantitative estimate of drug-likeness (QED) is 0.827. The number of anilines is 1. The Bertz CT molecular complexity index is 492. The molecule has 0 aromatic heterocycles. The van der Waals surface area contributed by atoms with Gasteiger partial charge in [-0.3, -0.25) is 4.79 Å². The van der Waals surface area contributed by atoms with Crippen molar-refractivity contribution in [1.82, 2.24) is 0 Å². The van der Waals surface area contributed by atoms with Crippen LogP contribution in [0.25, 0.3) is 0 Å². The van der Waals surface area contributed by atoms with Gasteiger partial charge in [0, 0.05) is 18.2 Å². The molecule has 1 aromatic rings. The molecule has 0 saturated carbocycles. The zero-order chi connectivity index (χ0) is 15.3. The summed E-state index contributed by atoms with van der Waals surface area (Å²) in [5.74, 6) is -0.609. The van der Waals surface area contributed by atoms with Crippen LogP contribution in [0.4, 0.5) is 5.69 Å². The minimum absolute atomic E-state index is 0.134. The number of hydrogen-bond acceptors (Lipinski definition) is 4. The highest BCUT2D eigenvalue weighted by Gasteiger charge is 2.23. The number of benzene rings is 1. The van der Waals surface area contributed by atoms with Crippen molar-refractivity contribution >= 4 is 17.6 Å². The number of rotatable bonds is 4. The van der Waals surface area contributed by atoms with Crippen LogP contribution in [0.15, 0.2) is 24.3 Å². The molecule has 3 N–H and O–H groups in total. The lowest BCUT2D eigenvalue weighted by molar-refractivity contribution is -0.117. The maximum absolute atomic E-state index is 11.9. The second-order valence-corrected chi connectivity index (χ2v) is 5.80. The number of nitrogens with two attached hydrogens (primary N) is 1. The second-order valence-electron chi connectivity index (χ2n) is 5.80. The maximum Gasteiger partial charge on any atom is 0.337 e.